The number of aliphatic hydroxyl groups is 1. The summed E-state index contributed by atoms with van der Waals surface area (Å²) in [5, 5.41) is 10.6. The van der Waals surface area contributed by atoms with Crippen molar-refractivity contribution < 1.29 is 33.2 Å². The molecule has 2 heterocycles. The largest absolute Gasteiger partial charge is 0.497 e. The van der Waals surface area contributed by atoms with E-state index in [1.165, 1.54) is 0 Å². The molecule has 0 spiro atoms. The minimum Gasteiger partial charge on any atom is -0.497 e. The van der Waals surface area contributed by atoms with Crippen LogP contribution in [0.4, 0.5) is 0 Å². The van der Waals surface area contributed by atoms with Crippen LogP contribution < -0.4 is 4.74 Å². The normalized spacial score (nSPS) is 32.5. The highest BCUT2D eigenvalue weighted by molar-refractivity contribution is 6.74. The quantitative estimate of drug-likeness (QED) is 0.677. The molecule has 0 saturated carbocycles. The third kappa shape index (κ3) is 4.90. The Morgan fingerprint density at radius 2 is 1.77 bits per heavy atom. The predicted octanol–water partition coefficient (Wildman–Crippen LogP) is 3.62. The summed E-state index contributed by atoms with van der Waals surface area (Å²) in [7, 11) is -0.533. The predicted molar refractivity (Wildman–Crippen MR) is 115 cm³/mol. The lowest BCUT2D eigenvalue weighted by Crippen LogP contribution is -2.65. The summed E-state index contributed by atoms with van der Waals surface area (Å²) in [5.41, 5.74) is 0.888. The average Bonchev–Trinajstić information content (AvgIpc) is 2.69. The van der Waals surface area contributed by atoms with Gasteiger partial charge in [-0.25, -0.2) is 0 Å². The molecule has 30 heavy (non-hydrogen) atoms. The first-order valence-electron chi connectivity index (χ1n) is 10.6. The fourth-order valence-corrected chi connectivity index (χ4v) is 4.82. The van der Waals surface area contributed by atoms with Gasteiger partial charge in [0.25, 0.3) is 0 Å². The van der Waals surface area contributed by atoms with E-state index in [1.54, 1.807) is 7.11 Å². The third-order valence-corrected chi connectivity index (χ3v) is 10.8. The number of rotatable bonds is 6. The second-order valence-corrected chi connectivity index (χ2v) is 14.1. The van der Waals surface area contributed by atoms with Crippen LogP contribution in [0.25, 0.3) is 0 Å². The van der Waals surface area contributed by atoms with Gasteiger partial charge < -0.3 is 33.2 Å². The maximum Gasteiger partial charge on any atom is 0.192 e. The summed E-state index contributed by atoms with van der Waals surface area (Å²) in [5.74, 6) is 0.770. The van der Waals surface area contributed by atoms with Gasteiger partial charge in [0, 0.05) is 12.2 Å². The minimum absolute atomic E-state index is 0.00305. The zero-order chi connectivity index (χ0) is 22.1. The van der Waals surface area contributed by atoms with Crippen molar-refractivity contribution in [1.82, 2.24) is 0 Å². The molecule has 0 bridgehead atoms. The van der Waals surface area contributed by atoms with Gasteiger partial charge in [-0.15, -0.1) is 0 Å². The number of methoxy groups -OCH3 is 1. The first-order valence-corrected chi connectivity index (χ1v) is 13.5. The maximum absolute atomic E-state index is 10.6. The van der Waals surface area contributed by atoms with Crippen LogP contribution in [-0.2, 0) is 23.4 Å². The first kappa shape index (κ1) is 23.7. The third-order valence-electron chi connectivity index (χ3n) is 6.29. The van der Waals surface area contributed by atoms with Crippen LogP contribution in [0.1, 0.15) is 39.5 Å². The van der Waals surface area contributed by atoms with Crippen LogP contribution in [-0.4, -0.2) is 64.5 Å². The lowest BCUT2D eigenvalue weighted by Gasteiger charge is -2.51. The molecule has 1 N–H and O–H groups in total. The van der Waals surface area contributed by atoms with E-state index in [4.69, 9.17) is 28.1 Å². The first-order chi connectivity index (χ1) is 14.1. The van der Waals surface area contributed by atoms with Gasteiger partial charge in [-0.1, -0.05) is 32.9 Å². The monoisotopic (exact) mass is 440 g/mol. The van der Waals surface area contributed by atoms with Crippen LogP contribution in [0.3, 0.4) is 0 Å². The second-order valence-electron chi connectivity index (χ2n) is 9.37. The Hall–Kier alpha value is -1.00. The van der Waals surface area contributed by atoms with Crippen molar-refractivity contribution in [2.24, 2.45) is 0 Å². The highest BCUT2D eigenvalue weighted by atomic mass is 28.4. The van der Waals surface area contributed by atoms with Gasteiger partial charge in [-0.2, -0.15) is 0 Å². The van der Waals surface area contributed by atoms with Crippen molar-refractivity contribution in [2.45, 2.75) is 82.8 Å². The summed E-state index contributed by atoms with van der Waals surface area (Å²) < 4.78 is 35.9. The van der Waals surface area contributed by atoms with Gasteiger partial charge in [0.05, 0.1) is 13.7 Å². The number of aliphatic hydroxyl groups excluding tert-OH is 1. The van der Waals surface area contributed by atoms with E-state index < -0.39 is 45.3 Å². The molecule has 8 heteroatoms. The molecule has 2 aliphatic rings. The van der Waals surface area contributed by atoms with Crippen molar-refractivity contribution in [2.75, 3.05) is 20.3 Å². The molecule has 2 saturated heterocycles. The molecule has 0 aromatic heterocycles. The van der Waals surface area contributed by atoms with Gasteiger partial charge in [-0.3, -0.25) is 0 Å². The van der Waals surface area contributed by atoms with Gasteiger partial charge in [-0.05, 0) is 37.2 Å². The standard InChI is InChI=1S/C22H36O7Si/c1-8-25-19-18(29-30(6,7)22(2,3)4)17-16(27-20(19)23)13-26-21(28-17)14-9-11-15(24-5)12-10-14/h9-12,16-21,23H,8,13H2,1-7H3/t16-,17-,18+,19+,20+,21?/m1/s1. The van der Waals surface area contributed by atoms with E-state index in [1.807, 2.05) is 31.2 Å². The molecular formula is C22H36O7Si. The Morgan fingerprint density at radius 3 is 2.33 bits per heavy atom. The fraction of sp³-hybridized carbons (Fsp3) is 0.727. The topological polar surface area (TPSA) is 75.6 Å². The molecule has 3 rings (SSSR count). The van der Waals surface area contributed by atoms with Gasteiger partial charge in [0.2, 0.25) is 0 Å². The molecule has 0 aliphatic carbocycles. The van der Waals surface area contributed by atoms with Crippen LogP contribution in [0.2, 0.25) is 18.1 Å². The molecule has 170 valence electrons. The molecule has 2 aliphatic heterocycles. The van der Waals surface area contributed by atoms with Gasteiger partial charge in [0.15, 0.2) is 20.9 Å². The number of hydrogen-bond acceptors (Lipinski definition) is 7. The molecule has 1 unspecified atom stereocenters. The number of fused-ring (bicyclic) bond motifs is 1. The highest BCUT2D eigenvalue weighted by Crippen LogP contribution is 2.42. The number of ether oxygens (including phenoxy) is 5. The van der Waals surface area contributed by atoms with Crippen LogP contribution >= 0.6 is 0 Å². The number of hydrogen-bond donors (Lipinski definition) is 1. The van der Waals surface area contributed by atoms with E-state index >= 15 is 0 Å². The summed E-state index contributed by atoms with van der Waals surface area (Å²) in [6, 6.07) is 7.60. The summed E-state index contributed by atoms with van der Waals surface area (Å²) >= 11 is 0. The van der Waals surface area contributed by atoms with Crippen molar-refractivity contribution in [3.8, 4) is 5.75 Å². The maximum atomic E-state index is 10.6. The number of benzene rings is 1. The molecule has 1 aromatic carbocycles. The Bertz CT molecular complexity index is 688. The SMILES string of the molecule is CCO[C@H]1[C@@H](O[Si](C)(C)C(C)(C)C)[C@@H]2OC(c3ccc(OC)cc3)OC[C@H]2O[C@@H]1O. The average molecular weight is 441 g/mol. The molecule has 0 radical (unpaired) electrons. The lowest BCUT2D eigenvalue weighted by atomic mass is 9.97. The molecule has 0 amide bonds. The smallest absolute Gasteiger partial charge is 0.192 e. The van der Waals surface area contributed by atoms with Crippen LogP contribution in [0.15, 0.2) is 24.3 Å². The minimum atomic E-state index is -2.17. The van der Waals surface area contributed by atoms with E-state index in [9.17, 15) is 5.11 Å². The zero-order valence-electron chi connectivity index (χ0n) is 19.1. The molecule has 6 atom stereocenters. The Morgan fingerprint density at radius 1 is 1.10 bits per heavy atom. The van der Waals surface area contributed by atoms with Crippen molar-refractivity contribution in [3.63, 3.8) is 0 Å². The summed E-state index contributed by atoms with van der Waals surface area (Å²) in [6.45, 7) is 13.6. The summed E-state index contributed by atoms with van der Waals surface area (Å²) in [6.07, 6.45) is -3.57. The van der Waals surface area contributed by atoms with E-state index in [2.05, 4.69) is 33.9 Å². The zero-order valence-corrected chi connectivity index (χ0v) is 20.1. The Balaban J connectivity index is 1.86. The highest BCUT2D eigenvalue weighted by Gasteiger charge is 2.53. The van der Waals surface area contributed by atoms with E-state index in [-0.39, 0.29) is 5.04 Å². The summed E-state index contributed by atoms with van der Waals surface area (Å²) in [4.78, 5) is 0. The lowest BCUT2D eigenvalue weighted by molar-refractivity contribution is -0.356. The van der Waals surface area contributed by atoms with E-state index in [0.717, 1.165) is 11.3 Å². The van der Waals surface area contributed by atoms with Gasteiger partial charge in [0.1, 0.15) is 30.2 Å². The fourth-order valence-electron chi connectivity index (χ4n) is 3.51. The van der Waals surface area contributed by atoms with Crippen molar-refractivity contribution in [3.05, 3.63) is 29.8 Å². The Kier molecular flexibility index (Phi) is 7.28. The molecule has 1 aromatic rings. The van der Waals surface area contributed by atoms with Crippen molar-refractivity contribution >= 4 is 8.32 Å². The molecule has 7 nitrogen and oxygen atoms in total. The van der Waals surface area contributed by atoms with E-state index in [0.29, 0.717) is 13.2 Å². The van der Waals surface area contributed by atoms with Crippen molar-refractivity contribution in [1.29, 1.82) is 0 Å². The second kappa shape index (κ2) is 9.24. The Labute approximate surface area is 180 Å². The van der Waals surface area contributed by atoms with Crippen LogP contribution in [0, 0.1) is 0 Å². The van der Waals surface area contributed by atoms with Gasteiger partial charge >= 0.3 is 0 Å². The molecular weight excluding hydrogens is 404 g/mol. The molecule has 2 fully saturated rings. The van der Waals surface area contributed by atoms with Crippen LogP contribution in [0.5, 0.6) is 5.75 Å².